The van der Waals surface area contributed by atoms with Crippen LogP contribution < -0.4 is 10.6 Å². The summed E-state index contributed by atoms with van der Waals surface area (Å²) in [6.45, 7) is 0. The Hall–Kier alpha value is -1.43. The summed E-state index contributed by atoms with van der Waals surface area (Å²) in [5, 5.41) is 5.81. The van der Waals surface area contributed by atoms with Crippen LogP contribution in [0.15, 0.2) is 6.20 Å². The lowest BCUT2D eigenvalue weighted by atomic mass is 9.89. The molecule has 1 aromatic heterocycles. The normalized spacial score (nSPS) is 23.7. The van der Waals surface area contributed by atoms with Crippen molar-refractivity contribution >= 4 is 11.8 Å². The minimum atomic E-state index is -0.431. The van der Waals surface area contributed by atoms with Crippen molar-refractivity contribution in [3.63, 3.8) is 0 Å². The van der Waals surface area contributed by atoms with Gasteiger partial charge in [-0.3, -0.25) is 0 Å². The van der Waals surface area contributed by atoms with E-state index >= 15 is 0 Å². The second-order valence-electron chi connectivity index (χ2n) is 3.81. The average molecular weight is 226 g/mol. The molecule has 0 bridgehead atoms. The lowest BCUT2D eigenvalue weighted by Gasteiger charge is -2.34. The van der Waals surface area contributed by atoms with E-state index in [0.717, 1.165) is 19.0 Å². The molecule has 1 heterocycles. The number of rotatable bonds is 4. The maximum Gasteiger partial charge on any atom is 0.224 e. The summed E-state index contributed by atoms with van der Waals surface area (Å²) in [6.07, 6.45) is 3.21. The molecule has 0 saturated heterocycles. The predicted molar refractivity (Wildman–Crippen MR) is 59.0 cm³/mol. The van der Waals surface area contributed by atoms with Gasteiger partial charge in [0.1, 0.15) is 0 Å². The van der Waals surface area contributed by atoms with Crippen LogP contribution in [0.25, 0.3) is 0 Å². The first kappa shape index (κ1) is 11.1. The summed E-state index contributed by atoms with van der Waals surface area (Å²) in [5.74, 6) is 0.227. The highest BCUT2D eigenvalue weighted by molar-refractivity contribution is 5.42. The van der Waals surface area contributed by atoms with Gasteiger partial charge in [-0.25, -0.2) is 9.37 Å². The molecule has 1 fully saturated rings. The summed E-state index contributed by atoms with van der Waals surface area (Å²) in [7, 11) is 3.38. The van der Waals surface area contributed by atoms with E-state index in [2.05, 4.69) is 20.6 Å². The molecule has 16 heavy (non-hydrogen) atoms. The zero-order valence-corrected chi connectivity index (χ0v) is 9.33. The standard InChI is InChI=1S/C10H15FN4O/c1-12-10-13-5-8(11)9(15-10)14-6-3-7(4-6)16-2/h5-7H,3-4H2,1-2H3,(H2,12,13,14,15). The van der Waals surface area contributed by atoms with Crippen molar-refractivity contribution in [2.24, 2.45) is 0 Å². The fourth-order valence-electron chi connectivity index (χ4n) is 1.66. The number of aromatic nitrogens is 2. The maximum atomic E-state index is 13.4. The number of nitrogens with zero attached hydrogens (tertiary/aromatic N) is 2. The van der Waals surface area contributed by atoms with Crippen LogP contribution in [-0.4, -0.2) is 36.3 Å². The summed E-state index contributed by atoms with van der Waals surface area (Å²) in [4.78, 5) is 7.79. The van der Waals surface area contributed by atoms with Gasteiger partial charge in [0.25, 0.3) is 0 Å². The van der Waals surface area contributed by atoms with Crippen molar-refractivity contribution in [2.75, 3.05) is 24.8 Å². The lowest BCUT2D eigenvalue weighted by Crippen LogP contribution is -2.40. The van der Waals surface area contributed by atoms with Gasteiger partial charge in [0.05, 0.1) is 12.3 Å². The Morgan fingerprint density at radius 1 is 1.50 bits per heavy atom. The lowest BCUT2D eigenvalue weighted by molar-refractivity contribution is 0.0327. The molecule has 1 saturated carbocycles. The molecule has 2 N–H and O–H groups in total. The van der Waals surface area contributed by atoms with Gasteiger partial charge in [0.15, 0.2) is 11.6 Å². The van der Waals surface area contributed by atoms with Gasteiger partial charge in [-0.2, -0.15) is 4.98 Å². The van der Waals surface area contributed by atoms with E-state index in [-0.39, 0.29) is 18.0 Å². The largest absolute Gasteiger partial charge is 0.381 e. The third-order valence-corrected chi connectivity index (χ3v) is 2.74. The van der Waals surface area contributed by atoms with E-state index in [1.165, 1.54) is 0 Å². The van der Waals surface area contributed by atoms with E-state index in [0.29, 0.717) is 5.95 Å². The fraction of sp³-hybridized carbons (Fsp3) is 0.600. The van der Waals surface area contributed by atoms with Crippen LogP contribution in [0.1, 0.15) is 12.8 Å². The number of hydrogen-bond acceptors (Lipinski definition) is 5. The smallest absolute Gasteiger partial charge is 0.224 e. The third kappa shape index (κ3) is 2.21. The molecule has 88 valence electrons. The Morgan fingerprint density at radius 3 is 2.88 bits per heavy atom. The van der Waals surface area contributed by atoms with Crippen molar-refractivity contribution in [1.29, 1.82) is 0 Å². The average Bonchev–Trinajstić information content (AvgIpc) is 2.25. The molecule has 0 aliphatic heterocycles. The molecule has 0 spiro atoms. The Bertz CT molecular complexity index is 368. The molecule has 2 rings (SSSR count). The summed E-state index contributed by atoms with van der Waals surface area (Å²) in [5.41, 5.74) is 0. The van der Waals surface area contributed by atoms with Gasteiger partial charge in [-0.05, 0) is 12.8 Å². The van der Waals surface area contributed by atoms with E-state index in [1.807, 2.05) is 0 Å². The number of halogens is 1. The van der Waals surface area contributed by atoms with Gasteiger partial charge in [-0.15, -0.1) is 0 Å². The molecule has 0 amide bonds. The molecule has 1 aliphatic carbocycles. The molecule has 1 aliphatic rings. The topological polar surface area (TPSA) is 59.1 Å². The minimum absolute atomic E-state index is 0.235. The first-order chi connectivity index (χ1) is 7.72. The molecule has 0 atom stereocenters. The van der Waals surface area contributed by atoms with Crippen molar-refractivity contribution in [3.05, 3.63) is 12.0 Å². The number of hydrogen-bond donors (Lipinski definition) is 2. The zero-order valence-electron chi connectivity index (χ0n) is 9.33. The van der Waals surface area contributed by atoms with Crippen molar-refractivity contribution < 1.29 is 9.13 Å². The van der Waals surface area contributed by atoms with Crippen LogP contribution in [0.4, 0.5) is 16.2 Å². The number of nitrogens with one attached hydrogen (secondary N) is 2. The molecule has 5 nitrogen and oxygen atoms in total. The van der Waals surface area contributed by atoms with Gasteiger partial charge in [0.2, 0.25) is 5.95 Å². The van der Waals surface area contributed by atoms with Gasteiger partial charge < -0.3 is 15.4 Å². The molecule has 0 unspecified atom stereocenters. The molecule has 1 aromatic rings. The van der Waals surface area contributed by atoms with Crippen LogP contribution >= 0.6 is 0 Å². The number of ether oxygens (including phenoxy) is 1. The Kier molecular flexibility index (Phi) is 3.19. The summed E-state index contributed by atoms with van der Waals surface area (Å²) < 4.78 is 18.5. The van der Waals surface area contributed by atoms with E-state index in [1.54, 1.807) is 14.2 Å². The molecular weight excluding hydrogens is 211 g/mol. The highest BCUT2D eigenvalue weighted by atomic mass is 19.1. The molecule has 0 radical (unpaired) electrons. The van der Waals surface area contributed by atoms with Gasteiger partial charge in [0, 0.05) is 20.2 Å². The quantitative estimate of drug-likeness (QED) is 0.809. The Morgan fingerprint density at radius 2 is 2.25 bits per heavy atom. The maximum absolute atomic E-state index is 13.4. The first-order valence-electron chi connectivity index (χ1n) is 5.22. The van der Waals surface area contributed by atoms with Crippen molar-refractivity contribution in [2.45, 2.75) is 25.0 Å². The van der Waals surface area contributed by atoms with Crippen molar-refractivity contribution in [3.8, 4) is 0 Å². The Balaban J connectivity index is 1.98. The minimum Gasteiger partial charge on any atom is -0.381 e. The monoisotopic (exact) mass is 226 g/mol. The Labute approximate surface area is 93.4 Å². The van der Waals surface area contributed by atoms with E-state index in [9.17, 15) is 4.39 Å². The first-order valence-corrected chi connectivity index (χ1v) is 5.22. The highest BCUT2D eigenvalue weighted by Crippen LogP contribution is 2.26. The predicted octanol–water partition coefficient (Wildman–Crippen LogP) is 1.25. The van der Waals surface area contributed by atoms with Gasteiger partial charge in [-0.1, -0.05) is 0 Å². The fourth-order valence-corrected chi connectivity index (χ4v) is 1.66. The van der Waals surface area contributed by atoms with Crippen LogP contribution in [0.5, 0.6) is 0 Å². The van der Waals surface area contributed by atoms with E-state index in [4.69, 9.17) is 4.74 Å². The van der Waals surface area contributed by atoms with Crippen LogP contribution in [0.3, 0.4) is 0 Å². The molecular formula is C10H15FN4O. The number of methoxy groups -OCH3 is 1. The van der Waals surface area contributed by atoms with Gasteiger partial charge >= 0.3 is 0 Å². The van der Waals surface area contributed by atoms with Crippen LogP contribution in [0, 0.1) is 5.82 Å². The van der Waals surface area contributed by atoms with Crippen LogP contribution in [0.2, 0.25) is 0 Å². The third-order valence-electron chi connectivity index (χ3n) is 2.74. The summed E-state index contributed by atoms with van der Waals surface area (Å²) >= 11 is 0. The second kappa shape index (κ2) is 4.61. The van der Waals surface area contributed by atoms with Crippen molar-refractivity contribution in [1.82, 2.24) is 9.97 Å². The van der Waals surface area contributed by atoms with E-state index < -0.39 is 5.82 Å². The highest BCUT2D eigenvalue weighted by Gasteiger charge is 2.29. The number of anilines is 2. The molecule has 6 heteroatoms. The second-order valence-corrected chi connectivity index (χ2v) is 3.81. The molecule has 0 aromatic carbocycles. The van der Waals surface area contributed by atoms with Crippen LogP contribution in [-0.2, 0) is 4.74 Å². The SMILES string of the molecule is CNc1ncc(F)c(NC2CC(OC)C2)n1. The summed E-state index contributed by atoms with van der Waals surface area (Å²) in [6, 6.07) is 0.235. The zero-order chi connectivity index (χ0) is 11.5.